The Morgan fingerprint density at radius 1 is 0.833 bits per heavy atom. The molecule has 0 aliphatic heterocycles. The van der Waals surface area contributed by atoms with Crippen molar-refractivity contribution in [3.05, 3.63) is 71.3 Å². The third-order valence-electron chi connectivity index (χ3n) is 2.96. The average Bonchev–Trinajstić information content (AvgIpc) is 2.38. The van der Waals surface area contributed by atoms with Gasteiger partial charge in [-0.2, -0.15) is 0 Å². The molecule has 0 saturated carbocycles. The van der Waals surface area contributed by atoms with Gasteiger partial charge in [-0.15, -0.1) is 0 Å². The molecule has 18 heavy (non-hydrogen) atoms. The molecule has 2 rings (SSSR count). The van der Waals surface area contributed by atoms with Gasteiger partial charge in [-0.05, 0) is 48.2 Å². The summed E-state index contributed by atoms with van der Waals surface area (Å²) >= 11 is 0. The summed E-state index contributed by atoms with van der Waals surface area (Å²) in [7, 11) is 0. The predicted molar refractivity (Wildman–Crippen MR) is 68.0 cm³/mol. The summed E-state index contributed by atoms with van der Waals surface area (Å²) in [6.07, 6.45) is 1.52. The maximum absolute atomic E-state index is 12.8. The zero-order chi connectivity index (χ0) is 13.0. The maximum atomic E-state index is 12.8. The van der Waals surface area contributed by atoms with Crippen LogP contribution in [0.3, 0.4) is 0 Å². The highest BCUT2D eigenvalue weighted by molar-refractivity contribution is 5.21. The fourth-order valence-electron chi connectivity index (χ4n) is 1.85. The zero-order valence-electron chi connectivity index (χ0n) is 9.94. The topological polar surface area (TPSA) is 26.0 Å². The first-order valence-corrected chi connectivity index (χ1v) is 5.90. The average molecular weight is 247 g/mol. The van der Waals surface area contributed by atoms with E-state index in [4.69, 9.17) is 5.73 Å². The van der Waals surface area contributed by atoms with Gasteiger partial charge in [0.15, 0.2) is 0 Å². The molecule has 2 aromatic rings. The molecule has 3 heteroatoms. The van der Waals surface area contributed by atoms with Gasteiger partial charge in [0.05, 0.1) is 0 Å². The van der Waals surface area contributed by atoms with E-state index in [0.29, 0.717) is 0 Å². The fourth-order valence-corrected chi connectivity index (χ4v) is 1.85. The van der Waals surface area contributed by atoms with E-state index < -0.39 is 0 Å². The molecule has 1 nitrogen and oxygen atoms in total. The van der Waals surface area contributed by atoms with Crippen LogP contribution in [-0.4, -0.2) is 0 Å². The van der Waals surface area contributed by atoms with Crippen molar-refractivity contribution in [1.29, 1.82) is 0 Å². The van der Waals surface area contributed by atoms with Crippen molar-refractivity contribution >= 4 is 0 Å². The maximum Gasteiger partial charge on any atom is 0.123 e. The Bertz CT molecular complexity index is 491. The van der Waals surface area contributed by atoms with Crippen LogP contribution < -0.4 is 5.73 Å². The van der Waals surface area contributed by atoms with E-state index in [-0.39, 0.29) is 17.7 Å². The van der Waals surface area contributed by atoms with Crippen LogP contribution in [0.1, 0.15) is 23.6 Å². The van der Waals surface area contributed by atoms with Crippen molar-refractivity contribution in [1.82, 2.24) is 0 Å². The number of halogens is 2. The van der Waals surface area contributed by atoms with E-state index in [9.17, 15) is 8.78 Å². The third kappa shape index (κ3) is 3.37. The summed E-state index contributed by atoms with van der Waals surface area (Å²) < 4.78 is 25.5. The van der Waals surface area contributed by atoms with Gasteiger partial charge >= 0.3 is 0 Å². The number of hydrogen-bond acceptors (Lipinski definition) is 1. The van der Waals surface area contributed by atoms with Gasteiger partial charge in [-0.3, -0.25) is 0 Å². The van der Waals surface area contributed by atoms with Crippen molar-refractivity contribution in [3.8, 4) is 0 Å². The molecule has 0 bridgehead atoms. The molecular weight excluding hydrogens is 232 g/mol. The molecule has 0 fully saturated rings. The summed E-state index contributed by atoms with van der Waals surface area (Å²) in [5.41, 5.74) is 7.99. The molecule has 0 aliphatic carbocycles. The quantitative estimate of drug-likeness (QED) is 0.877. The lowest BCUT2D eigenvalue weighted by Gasteiger charge is -2.11. The Morgan fingerprint density at radius 2 is 1.33 bits per heavy atom. The molecule has 0 aliphatic rings. The lowest BCUT2D eigenvalue weighted by molar-refractivity contribution is 0.617. The Labute approximate surface area is 105 Å². The van der Waals surface area contributed by atoms with Gasteiger partial charge in [-0.1, -0.05) is 24.3 Å². The largest absolute Gasteiger partial charge is 0.324 e. The Balaban J connectivity index is 1.93. The molecule has 1 unspecified atom stereocenters. The van der Waals surface area contributed by atoms with E-state index in [0.717, 1.165) is 24.0 Å². The second kappa shape index (κ2) is 5.74. The number of nitrogens with two attached hydrogens (primary N) is 1. The fraction of sp³-hybridized carbons (Fsp3) is 0.200. The van der Waals surface area contributed by atoms with Crippen LogP contribution in [-0.2, 0) is 6.42 Å². The van der Waals surface area contributed by atoms with Gasteiger partial charge in [-0.25, -0.2) is 8.78 Å². The van der Waals surface area contributed by atoms with Crippen molar-refractivity contribution in [2.75, 3.05) is 0 Å². The molecule has 0 heterocycles. The molecular formula is C15H15F2N. The van der Waals surface area contributed by atoms with E-state index in [2.05, 4.69) is 0 Å². The van der Waals surface area contributed by atoms with E-state index in [1.165, 1.54) is 24.3 Å². The highest BCUT2D eigenvalue weighted by Gasteiger charge is 2.06. The third-order valence-corrected chi connectivity index (χ3v) is 2.96. The van der Waals surface area contributed by atoms with Crippen LogP contribution in [0.25, 0.3) is 0 Å². The molecule has 0 spiro atoms. The first-order valence-electron chi connectivity index (χ1n) is 5.90. The monoisotopic (exact) mass is 247 g/mol. The minimum Gasteiger partial charge on any atom is -0.324 e. The molecule has 0 aromatic heterocycles. The summed E-state index contributed by atoms with van der Waals surface area (Å²) in [4.78, 5) is 0. The molecule has 0 radical (unpaired) electrons. The van der Waals surface area contributed by atoms with E-state index >= 15 is 0 Å². The first-order chi connectivity index (χ1) is 8.65. The van der Waals surface area contributed by atoms with Gasteiger partial charge in [0.2, 0.25) is 0 Å². The van der Waals surface area contributed by atoms with E-state index in [1.807, 2.05) is 0 Å². The van der Waals surface area contributed by atoms with Crippen LogP contribution in [0, 0.1) is 11.6 Å². The van der Waals surface area contributed by atoms with Crippen molar-refractivity contribution in [3.63, 3.8) is 0 Å². The standard InChI is InChI=1S/C15H15F2N/c16-13-6-1-11(2-7-13)3-10-15(18)12-4-8-14(17)9-5-12/h1-2,4-9,15H,3,10,18H2. The summed E-state index contributed by atoms with van der Waals surface area (Å²) in [6.45, 7) is 0. The lowest BCUT2D eigenvalue weighted by Crippen LogP contribution is -2.11. The summed E-state index contributed by atoms with van der Waals surface area (Å²) in [6, 6.07) is 12.5. The number of hydrogen-bond donors (Lipinski definition) is 1. The SMILES string of the molecule is NC(CCc1ccc(F)cc1)c1ccc(F)cc1. The molecule has 2 N–H and O–H groups in total. The first kappa shape index (κ1) is 12.7. The highest BCUT2D eigenvalue weighted by atomic mass is 19.1. The predicted octanol–water partition coefficient (Wildman–Crippen LogP) is 3.60. The number of aryl methyl sites for hydroxylation is 1. The normalized spacial score (nSPS) is 12.4. The second-order valence-corrected chi connectivity index (χ2v) is 4.32. The molecule has 2 aromatic carbocycles. The smallest absolute Gasteiger partial charge is 0.123 e. The van der Waals surface area contributed by atoms with Crippen molar-refractivity contribution in [2.45, 2.75) is 18.9 Å². The van der Waals surface area contributed by atoms with Gasteiger partial charge in [0.1, 0.15) is 11.6 Å². The summed E-state index contributed by atoms with van der Waals surface area (Å²) in [5, 5.41) is 0. The lowest BCUT2D eigenvalue weighted by atomic mass is 10.00. The van der Waals surface area contributed by atoms with Crippen LogP contribution in [0.4, 0.5) is 8.78 Å². The highest BCUT2D eigenvalue weighted by Crippen LogP contribution is 2.17. The van der Waals surface area contributed by atoms with Gasteiger partial charge < -0.3 is 5.73 Å². The zero-order valence-corrected chi connectivity index (χ0v) is 9.94. The van der Waals surface area contributed by atoms with Gasteiger partial charge in [0.25, 0.3) is 0 Å². The van der Waals surface area contributed by atoms with Crippen LogP contribution in [0.2, 0.25) is 0 Å². The summed E-state index contributed by atoms with van der Waals surface area (Å²) in [5.74, 6) is -0.494. The van der Waals surface area contributed by atoms with E-state index in [1.54, 1.807) is 24.3 Å². The van der Waals surface area contributed by atoms with Crippen LogP contribution >= 0.6 is 0 Å². The molecule has 0 saturated heterocycles. The second-order valence-electron chi connectivity index (χ2n) is 4.32. The Morgan fingerprint density at radius 3 is 1.89 bits per heavy atom. The Hall–Kier alpha value is -1.74. The Kier molecular flexibility index (Phi) is 4.05. The van der Waals surface area contributed by atoms with Gasteiger partial charge in [0, 0.05) is 6.04 Å². The molecule has 0 amide bonds. The number of benzene rings is 2. The van der Waals surface area contributed by atoms with Crippen LogP contribution in [0.15, 0.2) is 48.5 Å². The number of rotatable bonds is 4. The minimum absolute atomic E-state index is 0.129. The van der Waals surface area contributed by atoms with Crippen LogP contribution in [0.5, 0.6) is 0 Å². The molecule has 1 atom stereocenters. The minimum atomic E-state index is -0.260. The molecule has 94 valence electrons. The van der Waals surface area contributed by atoms with Crippen molar-refractivity contribution in [2.24, 2.45) is 5.73 Å². The van der Waals surface area contributed by atoms with Crippen molar-refractivity contribution < 1.29 is 8.78 Å².